The van der Waals surface area contributed by atoms with E-state index >= 15 is 0 Å². The van der Waals surface area contributed by atoms with E-state index in [1.165, 1.54) is 5.56 Å². The van der Waals surface area contributed by atoms with Crippen LogP contribution in [0.4, 0.5) is 0 Å². The van der Waals surface area contributed by atoms with E-state index in [2.05, 4.69) is 45.1 Å². The molecule has 0 radical (unpaired) electrons. The maximum Gasteiger partial charge on any atom is 0.119 e. The van der Waals surface area contributed by atoms with Gasteiger partial charge in [0.15, 0.2) is 0 Å². The highest BCUT2D eigenvalue weighted by molar-refractivity contribution is 5.28. The van der Waals surface area contributed by atoms with Crippen LogP contribution in [0.1, 0.15) is 39.3 Å². The highest BCUT2D eigenvalue weighted by Crippen LogP contribution is 2.19. The van der Waals surface area contributed by atoms with Crippen molar-refractivity contribution in [3.05, 3.63) is 29.8 Å². The van der Waals surface area contributed by atoms with Gasteiger partial charge in [0.05, 0.1) is 6.61 Å². The number of nitrogens with one attached hydrogen (secondary N) is 1. The summed E-state index contributed by atoms with van der Waals surface area (Å²) in [6.45, 7) is 11.1. The van der Waals surface area contributed by atoms with Gasteiger partial charge in [-0.1, -0.05) is 32.9 Å². The summed E-state index contributed by atoms with van der Waals surface area (Å²) in [7, 11) is 1.68. The molecule has 0 fully saturated rings. The van der Waals surface area contributed by atoms with Crippen LogP contribution in [0.2, 0.25) is 0 Å². The molecule has 1 rings (SSSR count). The van der Waals surface area contributed by atoms with Crippen molar-refractivity contribution < 1.29 is 9.47 Å². The van der Waals surface area contributed by atoms with E-state index in [1.807, 2.05) is 12.1 Å². The molecule has 0 heterocycles. The maximum atomic E-state index is 5.55. The first-order chi connectivity index (χ1) is 8.92. The lowest BCUT2D eigenvalue weighted by Gasteiger charge is -2.23. The Labute approximate surface area is 117 Å². The molecule has 0 aromatic heterocycles. The smallest absolute Gasteiger partial charge is 0.119 e. The number of methoxy groups -OCH3 is 1. The zero-order valence-corrected chi connectivity index (χ0v) is 12.8. The van der Waals surface area contributed by atoms with Crippen molar-refractivity contribution in [1.82, 2.24) is 5.32 Å². The Morgan fingerprint density at radius 1 is 1.11 bits per heavy atom. The summed E-state index contributed by atoms with van der Waals surface area (Å²) >= 11 is 0. The molecular formula is C16H27NO2. The van der Waals surface area contributed by atoms with Gasteiger partial charge in [-0.3, -0.25) is 0 Å². The van der Waals surface area contributed by atoms with Gasteiger partial charge < -0.3 is 14.8 Å². The van der Waals surface area contributed by atoms with Crippen molar-refractivity contribution in [2.75, 3.05) is 26.9 Å². The molecule has 0 saturated heterocycles. The lowest BCUT2D eigenvalue weighted by atomic mass is 9.96. The fourth-order valence-corrected chi connectivity index (χ4v) is 1.67. The molecule has 3 heteroatoms. The zero-order valence-electron chi connectivity index (χ0n) is 12.8. The van der Waals surface area contributed by atoms with E-state index in [0.717, 1.165) is 12.3 Å². The monoisotopic (exact) mass is 265 g/mol. The van der Waals surface area contributed by atoms with Crippen LogP contribution < -0.4 is 10.1 Å². The van der Waals surface area contributed by atoms with Crippen LogP contribution >= 0.6 is 0 Å². The van der Waals surface area contributed by atoms with Crippen LogP contribution in [-0.4, -0.2) is 26.9 Å². The topological polar surface area (TPSA) is 30.5 Å². The number of ether oxygens (including phenoxy) is 2. The highest BCUT2D eigenvalue weighted by atomic mass is 16.5. The standard InChI is InChI=1S/C16H27NO2/c1-13(17-12-16(2,3)4)14-6-8-15(9-7-14)19-11-10-18-5/h6-9,13,17H,10-12H2,1-5H3. The van der Waals surface area contributed by atoms with Crippen molar-refractivity contribution in [3.63, 3.8) is 0 Å². The van der Waals surface area contributed by atoms with Gasteiger partial charge in [-0.25, -0.2) is 0 Å². The van der Waals surface area contributed by atoms with Gasteiger partial charge in [0.2, 0.25) is 0 Å². The minimum absolute atomic E-state index is 0.303. The molecule has 0 aliphatic heterocycles. The third-order valence-electron chi connectivity index (χ3n) is 2.87. The number of hydrogen-bond donors (Lipinski definition) is 1. The summed E-state index contributed by atoms with van der Waals surface area (Å²) in [4.78, 5) is 0. The van der Waals surface area contributed by atoms with E-state index in [0.29, 0.717) is 24.7 Å². The third kappa shape index (κ3) is 6.60. The first kappa shape index (κ1) is 16.0. The van der Waals surface area contributed by atoms with E-state index in [4.69, 9.17) is 9.47 Å². The van der Waals surface area contributed by atoms with E-state index in [9.17, 15) is 0 Å². The minimum Gasteiger partial charge on any atom is -0.491 e. The number of hydrogen-bond acceptors (Lipinski definition) is 3. The summed E-state index contributed by atoms with van der Waals surface area (Å²) in [6.07, 6.45) is 0. The first-order valence-electron chi connectivity index (χ1n) is 6.87. The normalized spacial score (nSPS) is 13.3. The van der Waals surface area contributed by atoms with Crippen molar-refractivity contribution in [3.8, 4) is 5.75 Å². The van der Waals surface area contributed by atoms with Gasteiger partial charge >= 0.3 is 0 Å². The predicted molar refractivity (Wildman–Crippen MR) is 79.7 cm³/mol. The van der Waals surface area contributed by atoms with Crippen LogP contribution in [-0.2, 0) is 4.74 Å². The fourth-order valence-electron chi connectivity index (χ4n) is 1.67. The zero-order chi connectivity index (χ0) is 14.3. The van der Waals surface area contributed by atoms with Crippen LogP contribution in [0, 0.1) is 5.41 Å². The third-order valence-corrected chi connectivity index (χ3v) is 2.87. The van der Waals surface area contributed by atoms with Gasteiger partial charge in [-0.05, 0) is 30.0 Å². The molecule has 1 atom stereocenters. The molecular weight excluding hydrogens is 238 g/mol. The van der Waals surface area contributed by atoms with Crippen molar-refractivity contribution in [2.45, 2.75) is 33.7 Å². The Balaban J connectivity index is 2.46. The Morgan fingerprint density at radius 2 is 1.74 bits per heavy atom. The van der Waals surface area contributed by atoms with Crippen LogP contribution in [0.3, 0.4) is 0 Å². The molecule has 1 unspecified atom stereocenters. The van der Waals surface area contributed by atoms with Crippen molar-refractivity contribution >= 4 is 0 Å². The van der Waals surface area contributed by atoms with Gasteiger partial charge in [0.25, 0.3) is 0 Å². The molecule has 19 heavy (non-hydrogen) atoms. The second-order valence-corrected chi connectivity index (χ2v) is 6.07. The van der Waals surface area contributed by atoms with Crippen molar-refractivity contribution in [2.24, 2.45) is 5.41 Å². The predicted octanol–water partition coefficient (Wildman–Crippen LogP) is 3.41. The fraction of sp³-hybridized carbons (Fsp3) is 0.625. The van der Waals surface area contributed by atoms with Crippen LogP contribution in [0.5, 0.6) is 5.75 Å². The van der Waals surface area contributed by atoms with Gasteiger partial charge in [0, 0.05) is 19.7 Å². The molecule has 1 aromatic rings. The Kier molecular flexibility index (Phi) is 6.32. The van der Waals surface area contributed by atoms with Gasteiger partial charge in [-0.2, -0.15) is 0 Å². The molecule has 0 bridgehead atoms. The summed E-state index contributed by atoms with van der Waals surface area (Å²) in [6, 6.07) is 8.61. The number of benzene rings is 1. The Hall–Kier alpha value is -1.06. The molecule has 108 valence electrons. The lowest BCUT2D eigenvalue weighted by Crippen LogP contribution is -2.29. The Morgan fingerprint density at radius 3 is 2.26 bits per heavy atom. The van der Waals surface area contributed by atoms with E-state index in [-0.39, 0.29) is 0 Å². The second-order valence-electron chi connectivity index (χ2n) is 6.07. The highest BCUT2D eigenvalue weighted by Gasteiger charge is 2.12. The average molecular weight is 265 g/mol. The lowest BCUT2D eigenvalue weighted by molar-refractivity contribution is 0.146. The molecule has 0 saturated carbocycles. The number of rotatable bonds is 7. The van der Waals surface area contributed by atoms with Gasteiger partial charge in [-0.15, -0.1) is 0 Å². The summed E-state index contributed by atoms with van der Waals surface area (Å²) in [5.74, 6) is 0.892. The van der Waals surface area contributed by atoms with E-state index in [1.54, 1.807) is 7.11 Å². The second kappa shape index (κ2) is 7.51. The largest absolute Gasteiger partial charge is 0.491 e. The molecule has 1 aromatic carbocycles. The molecule has 0 amide bonds. The molecule has 0 aliphatic carbocycles. The van der Waals surface area contributed by atoms with E-state index < -0.39 is 0 Å². The maximum absolute atomic E-state index is 5.55. The molecule has 1 N–H and O–H groups in total. The summed E-state index contributed by atoms with van der Waals surface area (Å²) in [5, 5.41) is 3.55. The van der Waals surface area contributed by atoms with Crippen molar-refractivity contribution in [1.29, 1.82) is 0 Å². The average Bonchev–Trinajstić information content (AvgIpc) is 2.36. The van der Waals surface area contributed by atoms with Crippen LogP contribution in [0.25, 0.3) is 0 Å². The first-order valence-corrected chi connectivity index (χ1v) is 6.87. The molecule has 0 spiro atoms. The summed E-state index contributed by atoms with van der Waals surface area (Å²) < 4.78 is 10.5. The quantitative estimate of drug-likeness (QED) is 0.766. The SMILES string of the molecule is COCCOc1ccc(C(C)NCC(C)(C)C)cc1. The van der Waals surface area contributed by atoms with Crippen LogP contribution in [0.15, 0.2) is 24.3 Å². The Bertz CT molecular complexity index is 354. The van der Waals surface area contributed by atoms with Gasteiger partial charge in [0.1, 0.15) is 12.4 Å². The molecule has 3 nitrogen and oxygen atoms in total. The summed E-state index contributed by atoms with van der Waals surface area (Å²) in [5.41, 5.74) is 1.58. The minimum atomic E-state index is 0.303. The molecule has 0 aliphatic rings.